The Bertz CT molecular complexity index is 1410. The number of aromatic nitrogens is 5. The molecule has 3 aromatic rings. The van der Waals surface area contributed by atoms with E-state index >= 15 is 0 Å². The fraction of sp³-hybridized carbons (Fsp3) is 0.480. The van der Waals surface area contributed by atoms with Crippen LogP contribution in [-0.4, -0.2) is 61.3 Å². The number of pyridine rings is 2. The molecule has 0 radical (unpaired) electrons. The van der Waals surface area contributed by atoms with Gasteiger partial charge in [0.2, 0.25) is 17.6 Å². The Labute approximate surface area is 222 Å². The summed E-state index contributed by atoms with van der Waals surface area (Å²) in [4.78, 5) is 27.7. The monoisotopic (exact) mass is 549 g/mol. The molecule has 1 fully saturated rings. The zero-order valence-corrected chi connectivity index (χ0v) is 22.1. The average molecular weight is 550 g/mol. The average Bonchev–Trinajstić information content (AvgIpc) is 3.46. The number of carbonyl (C=O) groups is 1. The Morgan fingerprint density at radius 2 is 2.03 bits per heavy atom. The second kappa shape index (κ2) is 9.40. The van der Waals surface area contributed by atoms with Crippen LogP contribution in [0, 0.1) is 6.92 Å². The lowest BCUT2D eigenvalue weighted by Crippen LogP contribution is -2.46. The van der Waals surface area contributed by atoms with Crippen molar-refractivity contribution in [2.45, 2.75) is 50.7 Å². The van der Waals surface area contributed by atoms with Crippen molar-refractivity contribution in [1.82, 2.24) is 29.6 Å². The molecule has 202 valence electrons. The van der Waals surface area contributed by atoms with Crippen LogP contribution in [0.1, 0.15) is 48.3 Å². The molecule has 1 unspecified atom stereocenters. The van der Waals surface area contributed by atoms with E-state index in [9.17, 15) is 18.0 Å². The van der Waals surface area contributed by atoms with E-state index in [4.69, 9.17) is 16.3 Å². The van der Waals surface area contributed by atoms with Crippen LogP contribution >= 0.6 is 11.6 Å². The predicted octanol–water partition coefficient (Wildman–Crippen LogP) is 4.39. The van der Waals surface area contributed by atoms with Gasteiger partial charge in [-0.25, -0.2) is 19.6 Å². The minimum Gasteiger partial charge on any atom is -0.481 e. The Morgan fingerprint density at radius 3 is 2.71 bits per heavy atom. The van der Waals surface area contributed by atoms with Gasteiger partial charge < -0.3 is 15.0 Å². The number of anilines is 1. The Hall–Kier alpha value is -3.41. The maximum atomic E-state index is 13.4. The van der Waals surface area contributed by atoms with Crippen LogP contribution < -0.4 is 10.1 Å². The summed E-state index contributed by atoms with van der Waals surface area (Å²) in [6, 6.07) is 3.50. The fourth-order valence-corrected chi connectivity index (χ4v) is 5.52. The fourth-order valence-electron chi connectivity index (χ4n) is 5.26. The molecular formula is C25H27ClF3N7O2. The molecule has 0 aliphatic carbocycles. The van der Waals surface area contributed by atoms with Crippen molar-refractivity contribution < 1.29 is 22.7 Å². The predicted molar refractivity (Wildman–Crippen MR) is 134 cm³/mol. The van der Waals surface area contributed by atoms with Gasteiger partial charge in [0.15, 0.2) is 5.82 Å². The third kappa shape index (κ3) is 4.65. The number of alkyl halides is 3. The topological polar surface area (TPSA) is 98.1 Å². The number of ether oxygens (including phenoxy) is 1. The molecule has 0 saturated carbocycles. The summed E-state index contributed by atoms with van der Waals surface area (Å²) in [6.07, 6.45) is -0.960. The minimum atomic E-state index is -4.60. The van der Waals surface area contributed by atoms with Gasteiger partial charge >= 0.3 is 6.18 Å². The lowest BCUT2D eigenvalue weighted by Gasteiger charge is -2.36. The number of nitrogens with one attached hydrogen (secondary N) is 1. The van der Waals surface area contributed by atoms with Gasteiger partial charge in [0.05, 0.1) is 29.3 Å². The van der Waals surface area contributed by atoms with Gasteiger partial charge in [-0.05, 0) is 50.3 Å². The van der Waals surface area contributed by atoms with Gasteiger partial charge in [-0.1, -0.05) is 11.6 Å². The number of carbonyl (C=O) groups excluding carboxylic acids is 1. The molecule has 5 rings (SSSR count). The number of fused-ring (bicyclic) bond motifs is 1. The number of rotatable bonds is 4. The molecule has 1 amide bonds. The van der Waals surface area contributed by atoms with Gasteiger partial charge in [-0.15, -0.1) is 0 Å². The van der Waals surface area contributed by atoms with Crippen molar-refractivity contribution in [2.24, 2.45) is 7.05 Å². The number of likely N-dealkylation sites (tertiary alicyclic amines) is 1. The Balaban J connectivity index is 1.34. The molecule has 3 aromatic heterocycles. The van der Waals surface area contributed by atoms with E-state index in [0.717, 1.165) is 23.1 Å². The molecule has 0 bridgehead atoms. The highest BCUT2D eigenvalue weighted by molar-refractivity contribution is 6.31. The van der Waals surface area contributed by atoms with Gasteiger partial charge in [0.1, 0.15) is 5.82 Å². The number of amides is 1. The maximum absolute atomic E-state index is 13.4. The first-order chi connectivity index (χ1) is 17.9. The highest BCUT2D eigenvalue weighted by Gasteiger charge is 2.44. The van der Waals surface area contributed by atoms with E-state index in [-0.39, 0.29) is 17.3 Å². The van der Waals surface area contributed by atoms with E-state index in [0.29, 0.717) is 53.1 Å². The molecule has 9 nitrogen and oxygen atoms in total. The van der Waals surface area contributed by atoms with E-state index in [1.807, 2.05) is 17.9 Å². The molecule has 1 N–H and O–H groups in total. The third-order valence-corrected chi connectivity index (χ3v) is 7.69. The van der Waals surface area contributed by atoms with Crippen molar-refractivity contribution in [1.29, 1.82) is 0 Å². The quantitative estimate of drug-likeness (QED) is 0.515. The second-order valence-electron chi connectivity index (χ2n) is 9.89. The zero-order chi connectivity index (χ0) is 27.4. The second-order valence-corrected chi connectivity index (χ2v) is 10.3. The van der Waals surface area contributed by atoms with Gasteiger partial charge in [-0.3, -0.25) is 4.79 Å². The van der Waals surface area contributed by atoms with Gasteiger partial charge in [0.25, 0.3) is 0 Å². The first kappa shape index (κ1) is 26.2. The molecular weight excluding hydrogens is 523 g/mol. The molecule has 5 heterocycles. The lowest BCUT2D eigenvalue weighted by molar-refractivity contribution is -0.147. The van der Waals surface area contributed by atoms with E-state index in [1.54, 1.807) is 13.0 Å². The summed E-state index contributed by atoms with van der Waals surface area (Å²) in [6.45, 7) is 4.64. The number of hydrogen-bond donors (Lipinski definition) is 1. The molecule has 2 aliphatic heterocycles. The molecule has 38 heavy (non-hydrogen) atoms. The van der Waals surface area contributed by atoms with Crippen molar-refractivity contribution in [3.05, 3.63) is 46.0 Å². The zero-order valence-electron chi connectivity index (χ0n) is 21.4. The summed E-state index contributed by atoms with van der Waals surface area (Å²) in [5.41, 5.74) is 2.19. The van der Waals surface area contributed by atoms with Crippen LogP contribution in [0.5, 0.6) is 5.88 Å². The summed E-state index contributed by atoms with van der Waals surface area (Å²) in [5, 5.41) is 7.92. The van der Waals surface area contributed by atoms with Crippen LogP contribution in [-0.2, 0) is 24.4 Å². The maximum Gasteiger partial charge on any atom is 0.451 e. The molecule has 13 heteroatoms. The van der Waals surface area contributed by atoms with Crippen molar-refractivity contribution in [3.63, 3.8) is 0 Å². The number of hydrogen-bond acceptors (Lipinski definition) is 7. The van der Waals surface area contributed by atoms with E-state index in [1.165, 1.54) is 20.4 Å². The van der Waals surface area contributed by atoms with E-state index < -0.39 is 17.9 Å². The van der Waals surface area contributed by atoms with Gasteiger partial charge in [-0.2, -0.15) is 18.3 Å². The van der Waals surface area contributed by atoms with Crippen molar-refractivity contribution in [3.8, 4) is 17.3 Å². The third-order valence-electron chi connectivity index (χ3n) is 7.38. The van der Waals surface area contributed by atoms with Gasteiger partial charge in [0, 0.05) is 38.0 Å². The lowest BCUT2D eigenvalue weighted by atomic mass is 9.86. The largest absolute Gasteiger partial charge is 0.481 e. The molecule has 2 aliphatic rings. The summed E-state index contributed by atoms with van der Waals surface area (Å²) >= 11 is 6.33. The smallest absolute Gasteiger partial charge is 0.451 e. The standard InChI is InChI=1S/C25H27ClF3N7O2/c1-13(16-10-19(38-4)30-11-18(16)26)22(37)36-8-7-24(12-36)6-5-15-9-17(14(2)31-20(15)33-24)21-32-23(25(27,28)29)35(3)34-21/h9-11,13H,5-8,12H2,1-4H3,(H,31,33)/t13-,24?/m1/s1. The van der Waals surface area contributed by atoms with Crippen LogP contribution in [0.15, 0.2) is 18.3 Å². The Kier molecular flexibility index (Phi) is 6.49. The molecule has 1 saturated heterocycles. The van der Waals surface area contributed by atoms with E-state index in [2.05, 4.69) is 25.4 Å². The number of halogens is 4. The summed E-state index contributed by atoms with van der Waals surface area (Å²) < 4.78 is 45.6. The van der Waals surface area contributed by atoms with Crippen LogP contribution in [0.2, 0.25) is 5.02 Å². The highest BCUT2D eigenvalue weighted by atomic mass is 35.5. The van der Waals surface area contributed by atoms with Crippen LogP contribution in [0.4, 0.5) is 19.0 Å². The first-order valence-electron chi connectivity index (χ1n) is 12.2. The van der Waals surface area contributed by atoms with Crippen molar-refractivity contribution in [2.75, 3.05) is 25.5 Å². The summed E-state index contributed by atoms with van der Waals surface area (Å²) in [7, 11) is 2.73. The number of methoxy groups -OCH3 is 1. The van der Waals surface area contributed by atoms with Crippen molar-refractivity contribution >= 4 is 23.3 Å². The summed E-state index contributed by atoms with van der Waals surface area (Å²) in [5.74, 6) is -0.506. The minimum absolute atomic E-state index is 0.00839. The normalized spacial score (nSPS) is 19.8. The first-order valence-corrected chi connectivity index (χ1v) is 12.5. The molecule has 2 atom stereocenters. The highest BCUT2D eigenvalue weighted by Crippen LogP contribution is 2.39. The van der Waals surface area contributed by atoms with Crippen LogP contribution in [0.3, 0.4) is 0 Å². The number of nitrogens with zero attached hydrogens (tertiary/aromatic N) is 6. The SMILES string of the molecule is COc1cc([C@@H](C)C(=O)N2CCC3(CCc4cc(-c5nc(C(F)(F)F)n(C)n5)c(C)nc4N3)C2)c(Cl)cn1. The Morgan fingerprint density at radius 1 is 1.26 bits per heavy atom. The molecule has 1 spiro atoms. The number of aryl methyl sites for hydroxylation is 3. The molecule has 0 aromatic carbocycles. The van der Waals surface area contributed by atoms with Crippen LogP contribution in [0.25, 0.3) is 11.4 Å².